The van der Waals surface area contributed by atoms with Crippen LogP contribution in [0.2, 0.25) is 0 Å². The number of benzene rings is 1. The van der Waals surface area contributed by atoms with Gasteiger partial charge in [-0.15, -0.1) is 0 Å². The molecule has 0 aliphatic rings. The first-order valence-electron chi connectivity index (χ1n) is 3.60. The predicted molar refractivity (Wildman–Crippen MR) is 65.2 cm³/mol. The van der Waals surface area contributed by atoms with E-state index in [0.29, 0.717) is 14.5 Å². The van der Waals surface area contributed by atoms with E-state index < -0.39 is 0 Å². The fourth-order valence-corrected chi connectivity index (χ4v) is 4.68. The molecule has 0 spiro atoms. The van der Waals surface area contributed by atoms with Gasteiger partial charge in [0.1, 0.15) is 0 Å². The second kappa shape index (κ2) is 4.20. The third-order valence-corrected chi connectivity index (χ3v) is 6.11. The van der Waals surface area contributed by atoms with Gasteiger partial charge in [0.05, 0.1) is 0 Å². The van der Waals surface area contributed by atoms with Crippen LogP contribution in [0.1, 0.15) is 0 Å². The van der Waals surface area contributed by atoms with E-state index in [0.717, 1.165) is 7.17 Å². The SMILES string of the molecule is S=c1sc(-c2ccc(Br)cc2)c[se]1. The molecule has 0 aliphatic carbocycles. The van der Waals surface area contributed by atoms with Gasteiger partial charge in [-0.05, 0) is 0 Å². The van der Waals surface area contributed by atoms with E-state index in [1.165, 1.54) is 10.4 Å². The van der Waals surface area contributed by atoms with Crippen molar-refractivity contribution < 1.29 is 0 Å². The molecule has 4 heteroatoms. The minimum absolute atomic E-state index is 0.419. The quantitative estimate of drug-likeness (QED) is 0.561. The number of rotatable bonds is 1. The Morgan fingerprint density at radius 1 is 1.23 bits per heavy atom. The third kappa shape index (κ3) is 2.39. The molecule has 0 atom stereocenters. The van der Waals surface area contributed by atoms with Gasteiger partial charge in [0.2, 0.25) is 0 Å². The molecular weight excluding hydrogens is 331 g/mol. The van der Waals surface area contributed by atoms with Crippen molar-refractivity contribution in [3.05, 3.63) is 36.4 Å². The van der Waals surface area contributed by atoms with Crippen molar-refractivity contribution in [1.82, 2.24) is 0 Å². The van der Waals surface area contributed by atoms with Crippen LogP contribution in [0.4, 0.5) is 0 Å². The molecule has 2 aromatic rings. The Labute approximate surface area is 100 Å². The fourth-order valence-electron chi connectivity index (χ4n) is 0.981. The summed E-state index contributed by atoms with van der Waals surface area (Å²) < 4.78 is 2.25. The maximum atomic E-state index is 5.15. The average molecular weight is 336 g/mol. The fraction of sp³-hybridized carbons (Fsp3) is 0. The number of halogens is 1. The van der Waals surface area contributed by atoms with Gasteiger partial charge < -0.3 is 0 Å². The van der Waals surface area contributed by atoms with E-state index in [1.54, 1.807) is 11.3 Å². The number of hydrogen-bond acceptors (Lipinski definition) is 2. The van der Waals surface area contributed by atoms with Crippen LogP contribution in [0.5, 0.6) is 0 Å². The van der Waals surface area contributed by atoms with Gasteiger partial charge >= 0.3 is 101 Å². The predicted octanol–water partition coefficient (Wildman–Crippen LogP) is 3.96. The summed E-state index contributed by atoms with van der Waals surface area (Å²) in [6.45, 7) is 0. The van der Waals surface area contributed by atoms with Gasteiger partial charge in [-0.2, -0.15) is 0 Å². The van der Waals surface area contributed by atoms with Crippen LogP contribution in [0.25, 0.3) is 10.4 Å². The van der Waals surface area contributed by atoms with E-state index in [4.69, 9.17) is 12.2 Å². The molecule has 0 amide bonds. The molecule has 0 saturated heterocycles. The molecule has 13 heavy (non-hydrogen) atoms. The Balaban J connectivity index is 2.47. The van der Waals surface area contributed by atoms with Gasteiger partial charge in [0, 0.05) is 0 Å². The topological polar surface area (TPSA) is 0 Å². The molecule has 0 saturated carbocycles. The first kappa shape index (κ1) is 9.81. The van der Waals surface area contributed by atoms with Crippen LogP contribution < -0.4 is 0 Å². The van der Waals surface area contributed by atoms with Crippen LogP contribution in [0.3, 0.4) is 0 Å². The maximum absolute atomic E-state index is 5.15. The summed E-state index contributed by atoms with van der Waals surface area (Å²) in [4.78, 5) is 3.57. The Morgan fingerprint density at radius 2 is 1.92 bits per heavy atom. The Kier molecular flexibility index (Phi) is 3.17. The van der Waals surface area contributed by atoms with Crippen LogP contribution >= 0.6 is 39.5 Å². The summed E-state index contributed by atoms with van der Waals surface area (Å²) in [5, 5.41) is 0. The van der Waals surface area contributed by atoms with Crippen LogP contribution in [-0.2, 0) is 0 Å². The van der Waals surface area contributed by atoms with E-state index in [-0.39, 0.29) is 0 Å². The van der Waals surface area contributed by atoms with Crippen molar-refractivity contribution in [2.24, 2.45) is 0 Å². The molecule has 1 heterocycles. The summed E-state index contributed by atoms with van der Waals surface area (Å²) >= 11 is 10.7. The number of hydrogen-bond donors (Lipinski definition) is 0. The van der Waals surface area contributed by atoms with Gasteiger partial charge in [-0.25, -0.2) is 0 Å². The van der Waals surface area contributed by atoms with Crippen molar-refractivity contribution in [1.29, 1.82) is 0 Å². The zero-order valence-electron chi connectivity index (χ0n) is 6.49. The van der Waals surface area contributed by atoms with Crippen molar-refractivity contribution in [3.8, 4) is 10.4 Å². The Hall–Kier alpha value is 0.269. The van der Waals surface area contributed by atoms with Crippen molar-refractivity contribution >= 4 is 54.0 Å². The molecular formula is C9H5BrS2Se. The van der Waals surface area contributed by atoms with E-state index in [1.807, 2.05) is 0 Å². The second-order valence-electron chi connectivity index (χ2n) is 2.46. The van der Waals surface area contributed by atoms with E-state index >= 15 is 0 Å². The molecule has 0 unspecified atom stereocenters. The Bertz CT molecular complexity index is 455. The summed E-state index contributed by atoms with van der Waals surface area (Å²) in [5.41, 5.74) is 1.27. The first-order valence-corrected chi connectivity index (χ1v) is 7.46. The summed E-state index contributed by atoms with van der Waals surface area (Å²) in [5.74, 6) is 0. The van der Waals surface area contributed by atoms with Gasteiger partial charge in [-0.3, -0.25) is 0 Å². The summed E-state index contributed by atoms with van der Waals surface area (Å²) in [7, 11) is 0. The molecule has 2 rings (SSSR count). The normalized spacial score (nSPS) is 10.2. The Morgan fingerprint density at radius 3 is 2.46 bits per heavy atom. The van der Waals surface area contributed by atoms with Crippen molar-refractivity contribution in [3.63, 3.8) is 0 Å². The molecule has 0 aliphatic heterocycles. The van der Waals surface area contributed by atoms with Crippen molar-refractivity contribution in [2.75, 3.05) is 0 Å². The minimum atomic E-state index is 0.419. The zero-order valence-corrected chi connectivity index (χ0v) is 11.4. The average Bonchev–Trinajstić information content (AvgIpc) is 2.53. The zero-order chi connectivity index (χ0) is 9.26. The van der Waals surface area contributed by atoms with Crippen LogP contribution in [0.15, 0.2) is 33.7 Å². The second-order valence-corrected chi connectivity index (χ2v) is 8.11. The molecule has 0 nitrogen and oxygen atoms in total. The molecule has 66 valence electrons. The molecule has 1 aromatic carbocycles. The third-order valence-electron chi connectivity index (χ3n) is 1.58. The van der Waals surface area contributed by atoms with Crippen molar-refractivity contribution in [2.45, 2.75) is 0 Å². The standard InChI is InChI=1S/C9H5BrS2Se/c10-7-3-1-6(2-4-7)8-5-13-9(11)12-8/h1-5H. The molecule has 0 fully saturated rings. The van der Waals surface area contributed by atoms with Gasteiger partial charge in [-0.1, -0.05) is 0 Å². The van der Waals surface area contributed by atoms with Crippen LogP contribution in [0, 0.1) is 2.70 Å². The summed E-state index contributed by atoms with van der Waals surface area (Å²) in [6.07, 6.45) is 0. The monoisotopic (exact) mass is 336 g/mol. The van der Waals surface area contributed by atoms with Crippen LogP contribution in [-0.4, -0.2) is 14.5 Å². The molecule has 0 N–H and O–H groups in total. The van der Waals surface area contributed by atoms with Gasteiger partial charge in [0.15, 0.2) is 0 Å². The molecule has 0 bridgehead atoms. The van der Waals surface area contributed by atoms with Gasteiger partial charge in [0.25, 0.3) is 0 Å². The van der Waals surface area contributed by atoms with E-state index in [2.05, 4.69) is 45.1 Å². The molecule has 1 aromatic heterocycles. The first-order chi connectivity index (χ1) is 6.25. The van der Waals surface area contributed by atoms with E-state index in [9.17, 15) is 0 Å². The molecule has 0 radical (unpaired) electrons. The summed E-state index contributed by atoms with van der Waals surface area (Å²) in [6, 6.07) is 8.36.